The van der Waals surface area contributed by atoms with Crippen molar-refractivity contribution in [1.82, 2.24) is 19.1 Å². The van der Waals surface area contributed by atoms with Crippen LogP contribution in [-0.4, -0.2) is 61.3 Å². The standard InChI is InChI=1S/C24H26FN5O3S/c1-26-23-8-7-21(14-27-23)34(31,32)29-10-9-18-11-22-17(12-24(18,15-29)16-33-2)13-28-30(22)20-5-3-19(25)4-6-20/h3-8,11,13-14H,9-10,12,15-16H2,1-2H3,(H,26,27). The van der Waals surface area contributed by atoms with E-state index in [4.69, 9.17) is 4.74 Å². The number of methoxy groups -OCH3 is 1. The molecule has 1 atom stereocenters. The normalized spacial score (nSPS) is 20.4. The van der Waals surface area contributed by atoms with Crippen LogP contribution >= 0.6 is 0 Å². The topological polar surface area (TPSA) is 89.4 Å². The number of nitrogens with one attached hydrogen (secondary N) is 1. The molecule has 1 unspecified atom stereocenters. The zero-order valence-electron chi connectivity index (χ0n) is 19.0. The minimum Gasteiger partial charge on any atom is -0.384 e. The van der Waals surface area contributed by atoms with Crippen molar-refractivity contribution in [1.29, 1.82) is 0 Å². The van der Waals surface area contributed by atoms with Crippen molar-refractivity contribution < 1.29 is 17.5 Å². The van der Waals surface area contributed by atoms with E-state index in [1.807, 2.05) is 0 Å². The Morgan fingerprint density at radius 3 is 2.65 bits per heavy atom. The lowest BCUT2D eigenvalue weighted by Gasteiger charge is -2.45. The highest BCUT2D eigenvalue weighted by atomic mass is 32.2. The highest BCUT2D eigenvalue weighted by Gasteiger charge is 2.46. The highest BCUT2D eigenvalue weighted by molar-refractivity contribution is 7.89. The molecule has 8 nitrogen and oxygen atoms in total. The fourth-order valence-electron chi connectivity index (χ4n) is 4.92. The van der Waals surface area contributed by atoms with Gasteiger partial charge >= 0.3 is 0 Å². The number of hydrogen-bond acceptors (Lipinski definition) is 6. The second kappa shape index (κ2) is 8.61. The van der Waals surface area contributed by atoms with Gasteiger partial charge in [0.1, 0.15) is 16.5 Å². The number of aromatic nitrogens is 3. The molecule has 2 aromatic heterocycles. The summed E-state index contributed by atoms with van der Waals surface area (Å²) in [7, 11) is -0.338. The van der Waals surface area contributed by atoms with E-state index in [1.54, 1.807) is 49.3 Å². The lowest BCUT2D eigenvalue weighted by molar-refractivity contribution is 0.0733. The van der Waals surface area contributed by atoms with Gasteiger partial charge in [-0.2, -0.15) is 9.40 Å². The van der Waals surface area contributed by atoms with Gasteiger partial charge in [-0.1, -0.05) is 5.57 Å². The fraction of sp³-hybridized carbons (Fsp3) is 0.333. The molecule has 34 heavy (non-hydrogen) atoms. The molecule has 1 aliphatic heterocycles. The average Bonchev–Trinajstić information content (AvgIpc) is 3.25. The Morgan fingerprint density at radius 2 is 1.97 bits per heavy atom. The largest absolute Gasteiger partial charge is 0.384 e. The van der Waals surface area contributed by atoms with Gasteiger partial charge in [0.05, 0.1) is 24.2 Å². The molecular weight excluding hydrogens is 457 g/mol. The van der Waals surface area contributed by atoms with Gasteiger partial charge in [0, 0.05) is 38.9 Å². The Morgan fingerprint density at radius 1 is 1.18 bits per heavy atom. The molecule has 0 saturated carbocycles. The molecule has 1 saturated heterocycles. The number of pyridine rings is 1. The van der Waals surface area contributed by atoms with Crippen LogP contribution in [0, 0.1) is 11.2 Å². The van der Waals surface area contributed by atoms with Crippen LogP contribution in [0.25, 0.3) is 11.8 Å². The maximum Gasteiger partial charge on any atom is 0.244 e. The number of benzene rings is 1. The number of rotatable bonds is 6. The summed E-state index contributed by atoms with van der Waals surface area (Å²) in [6, 6.07) is 9.45. The molecule has 0 radical (unpaired) electrons. The molecule has 2 aliphatic rings. The molecule has 3 heterocycles. The van der Waals surface area contributed by atoms with Crippen LogP contribution in [0.5, 0.6) is 0 Å². The number of halogens is 1. The van der Waals surface area contributed by atoms with Crippen molar-refractivity contribution in [2.45, 2.75) is 17.7 Å². The first-order chi connectivity index (χ1) is 16.4. The van der Waals surface area contributed by atoms with Gasteiger partial charge in [-0.15, -0.1) is 0 Å². The SMILES string of the molecule is CNc1ccc(S(=O)(=O)N2CCC3=Cc4c(cnn4-c4ccc(F)cc4)CC3(COC)C2)cn1. The Bertz CT molecular complexity index is 1340. The second-order valence-corrected chi connectivity index (χ2v) is 10.7. The fourth-order valence-corrected chi connectivity index (χ4v) is 6.40. The van der Waals surface area contributed by atoms with Gasteiger partial charge in [0.15, 0.2) is 0 Å². The third kappa shape index (κ3) is 3.81. The van der Waals surface area contributed by atoms with Gasteiger partial charge in [0.25, 0.3) is 0 Å². The van der Waals surface area contributed by atoms with Gasteiger partial charge in [-0.05, 0) is 60.9 Å². The number of hydrogen-bond donors (Lipinski definition) is 1. The van der Waals surface area contributed by atoms with E-state index in [2.05, 4.69) is 21.5 Å². The number of piperidine rings is 1. The molecule has 1 N–H and O–H groups in total. The van der Waals surface area contributed by atoms with E-state index < -0.39 is 15.4 Å². The molecular formula is C24H26FN5O3S. The van der Waals surface area contributed by atoms with E-state index in [-0.39, 0.29) is 10.7 Å². The van der Waals surface area contributed by atoms with Crippen LogP contribution in [0.4, 0.5) is 10.2 Å². The predicted octanol–water partition coefficient (Wildman–Crippen LogP) is 3.12. The minimum absolute atomic E-state index is 0.173. The summed E-state index contributed by atoms with van der Waals surface area (Å²) in [5, 5.41) is 7.44. The molecule has 10 heteroatoms. The van der Waals surface area contributed by atoms with Crippen molar-refractivity contribution in [2.75, 3.05) is 39.2 Å². The Balaban J connectivity index is 1.48. The quantitative estimate of drug-likeness (QED) is 0.580. The molecule has 0 bridgehead atoms. The van der Waals surface area contributed by atoms with Crippen LogP contribution in [0.3, 0.4) is 0 Å². The summed E-state index contributed by atoms with van der Waals surface area (Å²) < 4.78 is 49.2. The number of anilines is 1. The van der Waals surface area contributed by atoms with E-state index in [9.17, 15) is 12.8 Å². The van der Waals surface area contributed by atoms with Crippen LogP contribution in [0.1, 0.15) is 17.7 Å². The Hall–Kier alpha value is -3.08. The molecule has 5 rings (SSSR count). The molecule has 0 spiro atoms. The van der Waals surface area contributed by atoms with E-state index in [0.717, 1.165) is 22.5 Å². The van der Waals surface area contributed by atoms with E-state index in [1.165, 1.54) is 22.6 Å². The summed E-state index contributed by atoms with van der Waals surface area (Å²) >= 11 is 0. The second-order valence-electron chi connectivity index (χ2n) is 8.72. The molecule has 1 fully saturated rings. The predicted molar refractivity (Wildman–Crippen MR) is 127 cm³/mol. The maximum atomic E-state index is 13.4. The van der Waals surface area contributed by atoms with Crippen LogP contribution < -0.4 is 5.32 Å². The highest BCUT2D eigenvalue weighted by Crippen LogP contribution is 2.45. The van der Waals surface area contributed by atoms with Crippen molar-refractivity contribution in [2.24, 2.45) is 5.41 Å². The first kappa shape index (κ1) is 22.7. The Kier molecular flexibility index (Phi) is 5.75. The van der Waals surface area contributed by atoms with Crippen LogP contribution in [-0.2, 0) is 21.2 Å². The molecule has 3 aromatic rings. The summed E-state index contributed by atoms with van der Waals surface area (Å²) in [6.07, 6.45) is 6.48. The number of fused-ring (bicyclic) bond motifs is 2. The number of sulfonamides is 1. The van der Waals surface area contributed by atoms with Gasteiger partial charge in [0.2, 0.25) is 10.0 Å². The lowest BCUT2D eigenvalue weighted by atomic mass is 9.69. The third-order valence-electron chi connectivity index (χ3n) is 6.64. The van der Waals surface area contributed by atoms with E-state index >= 15 is 0 Å². The third-order valence-corrected chi connectivity index (χ3v) is 8.47. The Labute approximate surface area is 198 Å². The minimum atomic E-state index is -3.71. The number of nitrogens with zero attached hydrogens (tertiary/aromatic N) is 4. The lowest BCUT2D eigenvalue weighted by Crippen LogP contribution is -2.51. The zero-order chi connectivity index (χ0) is 23.9. The molecule has 178 valence electrons. The van der Waals surface area contributed by atoms with Gasteiger partial charge < -0.3 is 10.1 Å². The molecule has 1 aromatic carbocycles. The van der Waals surface area contributed by atoms with Crippen molar-refractivity contribution >= 4 is 21.9 Å². The smallest absolute Gasteiger partial charge is 0.244 e. The van der Waals surface area contributed by atoms with Crippen LogP contribution in [0.2, 0.25) is 0 Å². The number of ether oxygens (including phenoxy) is 1. The first-order valence-electron chi connectivity index (χ1n) is 11.0. The average molecular weight is 484 g/mol. The summed E-state index contributed by atoms with van der Waals surface area (Å²) in [6.45, 7) is 1.07. The molecule has 0 amide bonds. The van der Waals surface area contributed by atoms with Gasteiger partial charge in [-0.25, -0.2) is 22.5 Å². The van der Waals surface area contributed by atoms with Crippen molar-refractivity contribution in [3.8, 4) is 5.69 Å². The summed E-state index contributed by atoms with van der Waals surface area (Å²) in [5.74, 6) is 0.309. The summed E-state index contributed by atoms with van der Waals surface area (Å²) in [4.78, 5) is 4.35. The molecule has 1 aliphatic carbocycles. The van der Waals surface area contributed by atoms with Crippen molar-refractivity contribution in [3.05, 3.63) is 71.4 Å². The maximum absolute atomic E-state index is 13.4. The van der Waals surface area contributed by atoms with Crippen molar-refractivity contribution in [3.63, 3.8) is 0 Å². The van der Waals surface area contributed by atoms with Gasteiger partial charge in [-0.3, -0.25) is 0 Å². The first-order valence-corrected chi connectivity index (χ1v) is 12.5. The van der Waals surface area contributed by atoms with Crippen LogP contribution in [0.15, 0.2) is 59.3 Å². The summed E-state index contributed by atoms with van der Waals surface area (Å²) in [5.41, 5.74) is 3.38. The monoisotopic (exact) mass is 483 g/mol. The zero-order valence-corrected chi connectivity index (χ0v) is 19.8. The van der Waals surface area contributed by atoms with E-state index in [0.29, 0.717) is 38.4 Å².